The first-order valence-electron chi connectivity index (χ1n) is 2.66. The van der Waals surface area contributed by atoms with E-state index in [0.29, 0.717) is 6.54 Å². The van der Waals surface area contributed by atoms with E-state index in [4.69, 9.17) is 0 Å². The van der Waals surface area contributed by atoms with E-state index in [1.54, 1.807) is 0 Å². The van der Waals surface area contributed by atoms with Crippen molar-refractivity contribution in [3.05, 3.63) is 0 Å². The molecule has 0 bridgehead atoms. The lowest BCUT2D eigenvalue weighted by atomic mass is 10.6. The van der Waals surface area contributed by atoms with E-state index < -0.39 is 0 Å². The number of nitrogens with zero attached hydrogens (tertiary/aromatic N) is 1. The van der Waals surface area contributed by atoms with Gasteiger partial charge in [0.05, 0.1) is 6.54 Å². The highest BCUT2D eigenvalue weighted by Crippen LogP contribution is 1.61. The number of rotatable bonds is 4. The highest BCUT2D eigenvalue weighted by molar-refractivity contribution is 5.32. The molecule has 8 heavy (non-hydrogen) atoms. The molecule has 0 aromatic heterocycles. The molecule has 0 fully saturated rings. The standard InChI is InChI=1S/C5H10N2O/c1-2-6-3-4-7-5-8/h6H,2-4H2,1H3. The van der Waals surface area contributed by atoms with Crippen LogP contribution < -0.4 is 5.32 Å². The fraction of sp³-hybridized carbons (Fsp3) is 0.800. The third-order valence-electron chi connectivity index (χ3n) is 0.715. The molecule has 0 atom stereocenters. The van der Waals surface area contributed by atoms with E-state index in [1.807, 2.05) is 6.92 Å². The minimum absolute atomic E-state index is 0.539. The van der Waals surface area contributed by atoms with E-state index >= 15 is 0 Å². The van der Waals surface area contributed by atoms with Gasteiger partial charge in [-0.05, 0) is 6.54 Å². The molecule has 0 heterocycles. The maximum atomic E-state index is 9.45. The fourth-order valence-corrected chi connectivity index (χ4v) is 0.357. The van der Waals surface area contributed by atoms with Gasteiger partial charge in [0.15, 0.2) is 0 Å². The molecule has 0 aromatic rings. The van der Waals surface area contributed by atoms with Crippen LogP contribution in [0.2, 0.25) is 0 Å². The van der Waals surface area contributed by atoms with Crippen molar-refractivity contribution in [1.29, 1.82) is 0 Å². The summed E-state index contributed by atoms with van der Waals surface area (Å²) >= 11 is 0. The van der Waals surface area contributed by atoms with Crippen molar-refractivity contribution in [3.63, 3.8) is 0 Å². The highest BCUT2D eigenvalue weighted by atomic mass is 16.1. The number of hydrogen-bond acceptors (Lipinski definition) is 3. The van der Waals surface area contributed by atoms with Gasteiger partial charge in [-0.2, -0.15) is 0 Å². The van der Waals surface area contributed by atoms with Crippen LogP contribution in [0.4, 0.5) is 0 Å². The molecule has 0 aliphatic carbocycles. The van der Waals surface area contributed by atoms with Gasteiger partial charge in [0.2, 0.25) is 6.08 Å². The summed E-state index contributed by atoms with van der Waals surface area (Å²) in [5.41, 5.74) is 0. The van der Waals surface area contributed by atoms with Crippen molar-refractivity contribution in [2.45, 2.75) is 6.92 Å². The summed E-state index contributed by atoms with van der Waals surface area (Å²) in [4.78, 5) is 12.8. The van der Waals surface area contributed by atoms with Gasteiger partial charge >= 0.3 is 0 Å². The zero-order valence-corrected chi connectivity index (χ0v) is 4.98. The van der Waals surface area contributed by atoms with Gasteiger partial charge in [0, 0.05) is 6.54 Å². The summed E-state index contributed by atoms with van der Waals surface area (Å²) in [6.07, 6.45) is 1.46. The Labute approximate surface area is 48.8 Å². The van der Waals surface area contributed by atoms with Gasteiger partial charge in [0.25, 0.3) is 0 Å². The monoisotopic (exact) mass is 114 g/mol. The molecule has 0 saturated carbocycles. The van der Waals surface area contributed by atoms with E-state index in [9.17, 15) is 4.79 Å². The predicted molar refractivity (Wildman–Crippen MR) is 31.5 cm³/mol. The van der Waals surface area contributed by atoms with E-state index in [1.165, 1.54) is 6.08 Å². The first-order chi connectivity index (χ1) is 3.91. The summed E-state index contributed by atoms with van der Waals surface area (Å²) in [5, 5.41) is 3.01. The topological polar surface area (TPSA) is 41.5 Å². The molecule has 0 rings (SSSR count). The molecular weight excluding hydrogens is 104 g/mol. The molecular formula is C5H10N2O. The van der Waals surface area contributed by atoms with Crippen molar-refractivity contribution >= 4 is 6.08 Å². The van der Waals surface area contributed by atoms with Gasteiger partial charge in [0.1, 0.15) is 0 Å². The second kappa shape index (κ2) is 6.34. The number of hydrogen-bond donors (Lipinski definition) is 1. The number of carbonyl (C=O) groups excluding carboxylic acids is 1. The Hall–Kier alpha value is -0.660. The molecule has 0 aliphatic rings. The fourth-order valence-electron chi connectivity index (χ4n) is 0.357. The van der Waals surface area contributed by atoms with Crippen LogP contribution in [0.1, 0.15) is 6.92 Å². The van der Waals surface area contributed by atoms with Crippen LogP contribution in [0, 0.1) is 0 Å². The minimum Gasteiger partial charge on any atom is -0.315 e. The van der Waals surface area contributed by atoms with Crippen LogP contribution in [0.15, 0.2) is 4.99 Å². The van der Waals surface area contributed by atoms with Crippen molar-refractivity contribution in [1.82, 2.24) is 5.32 Å². The van der Waals surface area contributed by atoms with Crippen LogP contribution in [-0.2, 0) is 4.79 Å². The molecule has 1 N–H and O–H groups in total. The Bertz CT molecular complexity index is 86.4. The minimum atomic E-state index is 0.539. The van der Waals surface area contributed by atoms with Crippen LogP contribution in [-0.4, -0.2) is 25.7 Å². The second-order valence-corrected chi connectivity index (χ2v) is 1.33. The quantitative estimate of drug-likeness (QED) is 0.316. The number of nitrogens with one attached hydrogen (secondary N) is 1. The molecule has 0 unspecified atom stereocenters. The second-order valence-electron chi connectivity index (χ2n) is 1.33. The maximum Gasteiger partial charge on any atom is 0.234 e. The predicted octanol–water partition coefficient (Wildman–Crippen LogP) is -0.0683. The van der Waals surface area contributed by atoms with Crippen molar-refractivity contribution in [2.75, 3.05) is 19.6 Å². The van der Waals surface area contributed by atoms with E-state index in [-0.39, 0.29) is 0 Å². The van der Waals surface area contributed by atoms with Crippen molar-refractivity contribution in [3.8, 4) is 0 Å². The van der Waals surface area contributed by atoms with Gasteiger partial charge in [-0.15, -0.1) is 0 Å². The lowest BCUT2D eigenvalue weighted by Crippen LogP contribution is -2.16. The third kappa shape index (κ3) is 5.34. The van der Waals surface area contributed by atoms with Gasteiger partial charge in [-0.25, -0.2) is 9.79 Å². The SMILES string of the molecule is CCNCCN=C=O. The molecule has 0 radical (unpaired) electrons. The Kier molecular flexibility index (Phi) is 5.82. The molecule has 0 aliphatic heterocycles. The van der Waals surface area contributed by atoms with Crippen LogP contribution in [0.5, 0.6) is 0 Å². The van der Waals surface area contributed by atoms with Gasteiger partial charge in [-0.3, -0.25) is 0 Å². The summed E-state index contributed by atoms with van der Waals surface area (Å²) < 4.78 is 0. The highest BCUT2D eigenvalue weighted by Gasteiger charge is 1.76. The molecule has 3 nitrogen and oxygen atoms in total. The summed E-state index contributed by atoms with van der Waals surface area (Å²) in [6.45, 7) is 4.24. The zero-order valence-electron chi connectivity index (χ0n) is 4.98. The average molecular weight is 114 g/mol. The van der Waals surface area contributed by atoms with Crippen LogP contribution >= 0.6 is 0 Å². The molecule has 46 valence electrons. The van der Waals surface area contributed by atoms with Gasteiger partial charge in [-0.1, -0.05) is 6.92 Å². The summed E-state index contributed by atoms with van der Waals surface area (Å²) in [5.74, 6) is 0. The normalized spacial score (nSPS) is 8.12. The van der Waals surface area contributed by atoms with E-state index in [2.05, 4.69) is 10.3 Å². The lowest BCUT2D eigenvalue weighted by molar-refractivity contribution is 0.562. The first kappa shape index (κ1) is 7.34. The summed E-state index contributed by atoms with van der Waals surface area (Å²) in [7, 11) is 0. The third-order valence-corrected chi connectivity index (χ3v) is 0.715. The van der Waals surface area contributed by atoms with Crippen molar-refractivity contribution < 1.29 is 4.79 Å². The van der Waals surface area contributed by atoms with E-state index in [0.717, 1.165) is 13.1 Å². The molecule has 0 aromatic carbocycles. The molecule has 0 amide bonds. The number of isocyanates is 1. The smallest absolute Gasteiger partial charge is 0.234 e. The molecule has 3 heteroatoms. The van der Waals surface area contributed by atoms with Crippen molar-refractivity contribution in [2.24, 2.45) is 4.99 Å². The Morgan fingerprint density at radius 2 is 2.50 bits per heavy atom. The Morgan fingerprint density at radius 1 is 1.75 bits per heavy atom. The van der Waals surface area contributed by atoms with Gasteiger partial charge < -0.3 is 5.32 Å². The summed E-state index contributed by atoms with van der Waals surface area (Å²) in [6, 6.07) is 0. The largest absolute Gasteiger partial charge is 0.315 e. The maximum absolute atomic E-state index is 9.45. The first-order valence-corrected chi connectivity index (χ1v) is 2.66. The number of likely N-dealkylation sites (N-methyl/N-ethyl adjacent to an activating group) is 1. The average Bonchev–Trinajstić information content (AvgIpc) is 1.81. The zero-order chi connectivity index (χ0) is 6.24. The Morgan fingerprint density at radius 3 is 3.00 bits per heavy atom. The lowest BCUT2D eigenvalue weighted by Gasteiger charge is -1.91. The van der Waals surface area contributed by atoms with Crippen LogP contribution in [0.25, 0.3) is 0 Å². The van der Waals surface area contributed by atoms with Crippen LogP contribution in [0.3, 0.4) is 0 Å². The number of aliphatic imine (C=N–C) groups is 1. The molecule has 0 spiro atoms. The molecule has 0 saturated heterocycles. The Balaban J connectivity index is 2.82.